The lowest BCUT2D eigenvalue weighted by Gasteiger charge is -2.11. The summed E-state index contributed by atoms with van der Waals surface area (Å²) in [5.41, 5.74) is 0. The third kappa shape index (κ3) is 5.11. The molecule has 0 bridgehead atoms. The highest BCUT2D eigenvalue weighted by molar-refractivity contribution is 5.83. The largest absolute Gasteiger partial charge is 0.395 e. The van der Waals surface area contributed by atoms with E-state index in [9.17, 15) is 9.59 Å². The Bertz CT molecular complexity index is 237. The summed E-state index contributed by atoms with van der Waals surface area (Å²) in [6.07, 6.45) is 4.90. The number of rotatable bonds is 6. The van der Waals surface area contributed by atoms with Crippen LogP contribution in [0.25, 0.3) is 0 Å². The molecule has 0 aromatic carbocycles. The van der Waals surface area contributed by atoms with Crippen molar-refractivity contribution >= 4 is 11.8 Å². The van der Waals surface area contributed by atoms with E-state index in [4.69, 9.17) is 5.11 Å². The van der Waals surface area contributed by atoms with E-state index < -0.39 is 0 Å². The highest BCUT2D eigenvalue weighted by Crippen LogP contribution is 2.17. The van der Waals surface area contributed by atoms with Crippen LogP contribution in [0.5, 0.6) is 0 Å². The Morgan fingerprint density at radius 2 is 1.75 bits per heavy atom. The lowest BCUT2D eigenvalue weighted by Crippen LogP contribution is -2.34. The maximum absolute atomic E-state index is 11.4. The number of aliphatic hydroxyl groups is 1. The van der Waals surface area contributed by atoms with E-state index in [0.29, 0.717) is 6.04 Å². The SMILES string of the molecule is O=C(CCC(=O)NC1CCCC1)NCCO. The molecule has 5 nitrogen and oxygen atoms in total. The molecule has 2 amide bonds. The normalized spacial score (nSPS) is 16.1. The number of nitrogens with one attached hydrogen (secondary N) is 2. The zero-order valence-corrected chi connectivity index (χ0v) is 9.50. The minimum Gasteiger partial charge on any atom is -0.395 e. The first kappa shape index (κ1) is 13.0. The Labute approximate surface area is 95.6 Å². The number of carbonyl (C=O) groups excluding carboxylic acids is 2. The van der Waals surface area contributed by atoms with Crippen LogP contribution in [0.4, 0.5) is 0 Å². The van der Waals surface area contributed by atoms with Gasteiger partial charge in [0.25, 0.3) is 0 Å². The van der Waals surface area contributed by atoms with E-state index in [1.54, 1.807) is 0 Å². The summed E-state index contributed by atoms with van der Waals surface area (Å²) in [4.78, 5) is 22.6. The van der Waals surface area contributed by atoms with Crippen molar-refractivity contribution in [1.29, 1.82) is 0 Å². The van der Waals surface area contributed by atoms with Crippen molar-refractivity contribution in [1.82, 2.24) is 10.6 Å². The summed E-state index contributed by atoms with van der Waals surface area (Å²) >= 11 is 0. The van der Waals surface area contributed by atoms with E-state index in [1.807, 2.05) is 0 Å². The van der Waals surface area contributed by atoms with Gasteiger partial charge in [0.2, 0.25) is 11.8 Å². The fourth-order valence-corrected chi connectivity index (χ4v) is 1.88. The van der Waals surface area contributed by atoms with Crippen LogP contribution in [-0.2, 0) is 9.59 Å². The Morgan fingerprint density at radius 3 is 2.38 bits per heavy atom. The molecule has 1 aliphatic carbocycles. The zero-order chi connectivity index (χ0) is 11.8. The molecule has 0 aromatic rings. The molecule has 1 rings (SSSR count). The van der Waals surface area contributed by atoms with Crippen LogP contribution < -0.4 is 10.6 Å². The molecule has 1 saturated carbocycles. The monoisotopic (exact) mass is 228 g/mol. The third-order valence-corrected chi connectivity index (χ3v) is 2.73. The fraction of sp³-hybridized carbons (Fsp3) is 0.818. The second-order valence-electron chi connectivity index (χ2n) is 4.12. The summed E-state index contributed by atoms with van der Waals surface area (Å²) in [6.45, 7) is 0.184. The average Bonchev–Trinajstić information content (AvgIpc) is 2.76. The molecule has 0 radical (unpaired) electrons. The number of hydrogen-bond acceptors (Lipinski definition) is 3. The number of carbonyl (C=O) groups is 2. The minimum absolute atomic E-state index is 0.0500. The van der Waals surface area contributed by atoms with Crippen molar-refractivity contribution in [2.24, 2.45) is 0 Å². The van der Waals surface area contributed by atoms with Crippen LogP contribution in [0, 0.1) is 0 Å². The van der Waals surface area contributed by atoms with E-state index in [-0.39, 0.29) is 37.8 Å². The van der Waals surface area contributed by atoms with Crippen molar-refractivity contribution in [3.63, 3.8) is 0 Å². The van der Waals surface area contributed by atoms with Gasteiger partial charge in [-0.3, -0.25) is 9.59 Å². The van der Waals surface area contributed by atoms with Gasteiger partial charge in [0.05, 0.1) is 6.61 Å². The molecule has 0 atom stereocenters. The highest BCUT2D eigenvalue weighted by Gasteiger charge is 2.17. The highest BCUT2D eigenvalue weighted by atomic mass is 16.3. The van der Waals surface area contributed by atoms with Crippen molar-refractivity contribution in [2.75, 3.05) is 13.2 Å². The number of hydrogen-bond donors (Lipinski definition) is 3. The molecule has 1 fully saturated rings. The van der Waals surface area contributed by atoms with Crippen LogP contribution >= 0.6 is 0 Å². The van der Waals surface area contributed by atoms with Gasteiger partial charge in [-0.25, -0.2) is 0 Å². The minimum atomic E-state index is -0.185. The molecule has 0 unspecified atom stereocenters. The lowest BCUT2D eigenvalue weighted by atomic mass is 10.2. The van der Waals surface area contributed by atoms with E-state index in [1.165, 1.54) is 12.8 Å². The quantitative estimate of drug-likeness (QED) is 0.595. The van der Waals surface area contributed by atoms with Crippen LogP contribution in [0.1, 0.15) is 38.5 Å². The summed E-state index contributed by atoms with van der Waals surface area (Å²) < 4.78 is 0. The van der Waals surface area contributed by atoms with Gasteiger partial charge in [0.15, 0.2) is 0 Å². The van der Waals surface area contributed by atoms with E-state index in [2.05, 4.69) is 10.6 Å². The lowest BCUT2D eigenvalue weighted by molar-refractivity contribution is -0.126. The fourth-order valence-electron chi connectivity index (χ4n) is 1.88. The molecule has 0 aromatic heterocycles. The van der Waals surface area contributed by atoms with Crippen molar-refractivity contribution in [3.05, 3.63) is 0 Å². The van der Waals surface area contributed by atoms with Gasteiger partial charge in [0.1, 0.15) is 0 Å². The van der Waals surface area contributed by atoms with Gasteiger partial charge in [-0.15, -0.1) is 0 Å². The Morgan fingerprint density at radius 1 is 1.12 bits per heavy atom. The van der Waals surface area contributed by atoms with Crippen LogP contribution in [-0.4, -0.2) is 36.1 Å². The molecule has 1 aliphatic rings. The summed E-state index contributed by atoms with van der Waals surface area (Å²) in [7, 11) is 0. The van der Waals surface area contributed by atoms with Gasteiger partial charge < -0.3 is 15.7 Å². The zero-order valence-electron chi connectivity index (χ0n) is 9.50. The third-order valence-electron chi connectivity index (χ3n) is 2.73. The summed E-state index contributed by atoms with van der Waals surface area (Å²) in [5.74, 6) is -0.235. The predicted octanol–water partition coefficient (Wildman–Crippen LogP) is -0.0661. The first-order chi connectivity index (χ1) is 7.72. The van der Waals surface area contributed by atoms with Crippen LogP contribution in [0.2, 0.25) is 0 Å². The van der Waals surface area contributed by atoms with Crippen molar-refractivity contribution < 1.29 is 14.7 Å². The van der Waals surface area contributed by atoms with Gasteiger partial charge >= 0.3 is 0 Å². The Kier molecular flexibility index (Phi) is 5.85. The Balaban J connectivity index is 2.07. The first-order valence-electron chi connectivity index (χ1n) is 5.89. The molecular weight excluding hydrogens is 208 g/mol. The number of amides is 2. The number of aliphatic hydroxyl groups excluding tert-OH is 1. The second kappa shape index (κ2) is 7.22. The molecule has 92 valence electrons. The molecule has 3 N–H and O–H groups in total. The van der Waals surface area contributed by atoms with Gasteiger partial charge in [-0.05, 0) is 12.8 Å². The second-order valence-corrected chi connectivity index (χ2v) is 4.12. The Hall–Kier alpha value is -1.10. The van der Waals surface area contributed by atoms with Crippen LogP contribution in [0.15, 0.2) is 0 Å². The van der Waals surface area contributed by atoms with Gasteiger partial charge in [0, 0.05) is 25.4 Å². The standard InChI is InChI=1S/C11H20N2O3/c14-8-7-12-10(15)5-6-11(16)13-9-3-1-2-4-9/h9,14H,1-8H2,(H,12,15)(H,13,16). The predicted molar refractivity (Wildman–Crippen MR) is 59.7 cm³/mol. The van der Waals surface area contributed by atoms with Crippen LogP contribution in [0.3, 0.4) is 0 Å². The summed E-state index contributed by atoms with van der Waals surface area (Å²) in [6, 6.07) is 0.313. The molecular formula is C11H20N2O3. The van der Waals surface area contributed by atoms with Gasteiger partial charge in [-0.1, -0.05) is 12.8 Å². The topological polar surface area (TPSA) is 78.4 Å². The smallest absolute Gasteiger partial charge is 0.220 e. The average molecular weight is 228 g/mol. The molecule has 0 saturated heterocycles. The van der Waals surface area contributed by atoms with Gasteiger partial charge in [-0.2, -0.15) is 0 Å². The molecule has 0 heterocycles. The maximum atomic E-state index is 11.4. The maximum Gasteiger partial charge on any atom is 0.220 e. The molecule has 16 heavy (non-hydrogen) atoms. The van der Waals surface area contributed by atoms with E-state index >= 15 is 0 Å². The van der Waals surface area contributed by atoms with Crippen molar-refractivity contribution in [3.8, 4) is 0 Å². The summed E-state index contributed by atoms with van der Waals surface area (Å²) in [5, 5.41) is 13.9. The molecule has 5 heteroatoms. The van der Waals surface area contributed by atoms with E-state index in [0.717, 1.165) is 12.8 Å². The molecule has 0 spiro atoms. The first-order valence-corrected chi connectivity index (χ1v) is 5.89. The van der Waals surface area contributed by atoms with Crippen molar-refractivity contribution in [2.45, 2.75) is 44.6 Å². The molecule has 0 aliphatic heterocycles.